The Hall–Kier alpha value is -3.85. The zero-order valence-electron chi connectivity index (χ0n) is 23.5. The summed E-state index contributed by atoms with van der Waals surface area (Å²) in [6, 6.07) is 13.7. The van der Waals surface area contributed by atoms with Gasteiger partial charge in [0.1, 0.15) is 18.9 Å². The Bertz CT molecular complexity index is 1400. The highest BCUT2D eigenvalue weighted by molar-refractivity contribution is 5.97. The van der Waals surface area contributed by atoms with Crippen LogP contribution in [0.4, 0.5) is 11.5 Å². The lowest BCUT2D eigenvalue weighted by molar-refractivity contribution is -0.126. The van der Waals surface area contributed by atoms with Gasteiger partial charge in [0, 0.05) is 43.3 Å². The highest BCUT2D eigenvalue weighted by Gasteiger charge is 2.30. The third kappa shape index (κ3) is 5.18. The number of hydrogen-bond acceptors (Lipinski definition) is 8. The van der Waals surface area contributed by atoms with E-state index < -0.39 is 0 Å². The average Bonchev–Trinajstić information content (AvgIpc) is 3.27. The predicted molar refractivity (Wildman–Crippen MR) is 157 cm³/mol. The van der Waals surface area contributed by atoms with Crippen molar-refractivity contribution in [2.45, 2.75) is 32.4 Å². The van der Waals surface area contributed by atoms with Crippen LogP contribution in [0.1, 0.15) is 24.1 Å². The molecule has 4 heterocycles. The first-order valence-electron chi connectivity index (χ1n) is 14.3. The van der Waals surface area contributed by atoms with E-state index >= 15 is 0 Å². The summed E-state index contributed by atoms with van der Waals surface area (Å²) in [5.74, 6) is 1.43. The number of likely N-dealkylation sites (tertiary alicyclic amines) is 1. The minimum atomic E-state index is -0.0388. The average molecular weight is 543 g/mol. The molecule has 9 heteroatoms. The van der Waals surface area contributed by atoms with Crippen LogP contribution in [0.2, 0.25) is 0 Å². The fourth-order valence-electron chi connectivity index (χ4n) is 6.12. The van der Waals surface area contributed by atoms with Crippen LogP contribution >= 0.6 is 0 Å². The van der Waals surface area contributed by atoms with Crippen LogP contribution < -0.4 is 19.3 Å². The Morgan fingerprint density at radius 2 is 1.88 bits per heavy atom. The molecule has 0 bridgehead atoms. The quantitative estimate of drug-likeness (QED) is 0.437. The maximum Gasteiger partial charge on any atom is 0.318 e. The third-order valence-corrected chi connectivity index (χ3v) is 8.42. The monoisotopic (exact) mass is 542 g/mol. The molecule has 0 aliphatic carbocycles. The molecule has 1 aromatic heterocycles. The molecule has 3 aromatic rings. The van der Waals surface area contributed by atoms with Crippen LogP contribution in [0.15, 0.2) is 49.1 Å². The summed E-state index contributed by atoms with van der Waals surface area (Å²) in [5.41, 5.74) is 3.25. The highest BCUT2D eigenvalue weighted by atomic mass is 16.5. The second-order valence-electron chi connectivity index (χ2n) is 10.9. The summed E-state index contributed by atoms with van der Waals surface area (Å²) in [6.07, 6.45) is 3.68. The molecule has 2 fully saturated rings. The van der Waals surface area contributed by atoms with Crippen LogP contribution in [0.5, 0.6) is 11.8 Å². The van der Waals surface area contributed by atoms with E-state index in [1.54, 1.807) is 0 Å². The SMILES string of the molecule is C=CC(=O)N1CCN(c2nc(OC[C@@H]3CCCN3C)nc3c2OCCN(c2cccc4cccc(C)c24)C3)CC1. The maximum atomic E-state index is 12.2. The van der Waals surface area contributed by atoms with Gasteiger partial charge < -0.3 is 29.1 Å². The van der Waals surface area contributed by atoms with E-state index in [9.17, 15) is 4.79 Å². The molecular weight excluding hydrogens is 504 g/mol. The molecule has 0 spiro atoms. The molecule has 3 aliphatic heterocycles. The van der Waals surface area contributed by atoms with Gasteiger partial charge >= 0.3 is 6.01 Å². The Morgan fingerprint density at radius 3 is 2.62 bits per heavy atom. The zero-order chi connectivity index (χ0) is 27.6. The van der Waals surface area contributed by atoms with Crippen molar-refractivity contribution in [3.8, 4) is 11.8 Å². The lowest BCUT2D eigenvalue weighted by Crippen LogP contribution is -2.48. The van der Waals surface area contributed by atoms with E-state index in [1.165, 1.54) is 34.5 Å². The number of benzene rings is 2. The van der Waals surface area contributed by atoms with Gasteiger partial charge in [-0.1, -0.05) is 36.9 Å². The zero-order valence-corrected chi connectivity index (χ0v) is 23.5. The van der Waals surface area contributed by atoms with Crippen molar-refractivity contribution in [3.05, 3.63) is 60.3 Å². The van der Waals surface area contributed by atoms with Crippen molar-refractivity contribution >= 4 is 28.2 Å². The van der Waals surface area contributed by atoms with Crippen LogP contribution in [-0.4, -0.2) is 91.2 Å². The van der Waals surface area contributed by atoms with Crippen LogP contribution in [0.25, 0.3) is 10.8 Å². The first-order chi connectivity index (χ1) is 19.5. The summed E-state index contributed by atoms with van der Waals surface area (Å²) in [7, 11) is 2.15. The minimum absolute atomic E-state index is 0.0388. The number of likely N-dealkylation sites (N-methyl/N-ethyl adjacent to an activating group) is 1. The molecule has 2 saturated heterocycles. The number of aromatic nitrogens is 2. The first kappa shape index (κ1) is 26.4. The first-order valence-corrected chi connectivity index (χ1v) is 14.3. The summed E-state index contributed by atoms with van der Waals surface area (Å²) in [4.78, 5) is 30.7. The molecule has 0 saturated carbocycles. The van der Waals surface area contributed by atoms with Gasteiger partial charge in [-0.3, -0.25) is 4.79 Å². The molecule has 0 radical (unpaired) electrons. The van der Waals surface area contributed by atoms with E-state index in [0.29, 0.717) is 63.7 Å². The van der Waals surface area contributed by atoms with E-state index in [4.69, 9.17) is 19.4 Å². The molecule has 1 amide bonds. The second-order valence-corrected chi connectivity index (χ2v) is 10.9. The molecule has 2 aromatic carbocycles. The van der Waals surface area contributed by atoms with Gasteiger partial charge in [0.05, 0.1) is 13.1 Å². The molecule has 9 nitrogen and oxygen atoms in total. The van der Waals surface area contributed by atoms with Crippen molar-refractivity contribution in [3.63, 3.8) is 0 Å². The molecule has 210 valence electrons. The number of anilines is 2. The molecule has 0 N–H and O–H groups in total. The van der Waals surface area contributed by atoms with Gasteiger partial charge in [0.2, 0.25) is 5.91 Å². The molecular formula is C31H38N6O3. The highest BCUT2D eigenvalue weighted by Crippen LogP contribution is 2.37. The number of nitrogens with zero attached hydrogens (tertiary/aromatic N) is 6. The van der Waals surface area contributed by atoms with Gasteiger partial charge in [-0.15, -0.1) is 0 Å². The second kappa shape index (κ2) is 11.3. The topological polar surface area (TPSA) is 74.3 Å². The van der Waals surface area contributed by atoms with Crippen molar-refractivity contribution < 1.29 is 14.3 Å². The number of piperazine rings is 1. The summed E-state index contributed by atoms with van der Waals surface area (Å²) in [5, 5.41) is 2.48. The standard InChI is InChI=1S/C31H38N6O3/c1-4-27(38)35-14-16-36(17-15-35)30-29-25(32-31(33-30)40-21-24-11-7-13-34(24)3)20-37(18-19-39-29)26-12-6-10-23-9-5-8-22(2)28(23)26/h4-6,8-10,12,24H,1,7,11,13-21H2,2-3H3/t24-/m0/s1. The van der Waals surface area contributed by atoms with Gasteiger partial charge in [0.15, 0.2) is 11.6 Å². The smallest absolute Gasteiger partial charge is 0.318 e. The van der Waals surface area contributed by atoms with Crippen molar-refractivity contribution in [1.82, 2.24) is 19.8 Å². The maximum absolute atomic E-state index is 12.2. The summed E-state index contributed by atoms with van der Waals surface area (Å²) >= 11 is 0. The van der Waals surface area contributed by atoms with Crippen LogP contribution in [0.3, 0.4) is 0 Å². The summed E-state index contributed by atoms with van der Waals surface area (Å²) in [6.45, 7) is 11.8. The Balaban J connectivity index is 1.34. The van der Waals surface area contributed by atoms with Crippen molar-refractivity contribution in [1.29, 1.82) is 0 Å². The van der Waals surface area contributed by atoms with E-state index in [2.05, 4.69) is 71.6 Å². The molecule has 40 heavy (non-hydrogen) atoms. The largest absolute Gasteiger partial charge is 0.486 e. The molecule has 6 rings (SSSR count). The van der Waals surface area contributed by atoms with Gasteiger partial charge in [-0.05, 0) is 56.4 Å². The summed E-state index contributed by atoms with van der Waals surface area (Å²) < 4.78 is 12.7. The normalized spacial score (nSPS) is 19.8. The third-order valence-electron chi connectivity index (χ3n) is 8.42. The Kier molecular flexibility index (Phi) is 7.47. The fraction of sp³-hybridized carbons (Fsp3) is 0.452. The van der Waals surface area contributed by atoms with Gasteiger partial charge in [0.25, 0.3) is 0 Å². The van der Waals surface area contributed by atoms with Crippen molar-refractivity contribution in [2.75, 3.05) is 69.3 Å². The lowest BCUT2D eigenvalue weighted by Gasteiger charge is -2.35. The van der Waals surface area contributed by atoms with Gasteiger partial charge in [-0.2, -0.15) is 9.97 Å². The number of ether oxygens (including phenoxy) is 2. The number of hydrogen-bond donors (Lipinski definition) is 0. The van der Waals surface area contributed by atoms with Crippen molar-refractivity contribution in [2.24, 2.45) is 0 Å². The lowest BCUT2D eigenvalue weighted by atomic mass is 10.0. The number of aryl methyl sites for hydroxylation is 1. The number of rotatable bonds is 6. The van der Waals surface area contributed by atoms with Crippen LogP contribution in [-0.2, 0) is 11.3 Å². The minimum Gasteiger partial charge on any atom is -0.486 e. The van der Waals surface area contributed by atoms with Crippen LogP contribution in [0, 0.1) is 6.92 Å². The Labute approximate surface area is 236 Å². The fourth-order valence-corrected chi connectivity index (χ4v) is 6.12. The van der Waals surface area contributed by atoms with E-state index in [0.717, 1.165) is 31.0 Å². The number of fused-ring (bicyclic) bond motifs is 2. The predicted octanol–water partition coefficient (Wildman–Crippen LogP) is 3.64. The van der Waals surface area contributed by atoms with E-state index in [1.807, 2.05) is 4.90 Å². The molecule has 1 atom stereocenters. The number of carbonyl (C=O) groups excluding carboxylic acids is 1. The molecule has 3 aliphatic rings. The number of carbonyl (C=O) groups is 1. The Morgan fingerprint density at radius 1 is 1.07 bits per heavy atom. The van der Waals surface area contributed by atoms with E-state index in [-0.39, 0.29) is 5.91 Å². The number of amides is 1. The van der Waals surface area contributed by atoms with Gasteiger partial charge in [-0.25, -0.2) is 0 Å². The molecule has 0 unspecified atom stereocenters.